The van der Waals surface area contributed by atoms with Crippen LogP contribution in [0.5, 0.6) is 0 Å². The molecule has 3 rings (SSSR count). The number of allylic oxidation sites excluding steroid dienone is 8. The predicted molar refractivity (Wildman–Crippen MR) is 128 cm³/mol. The minimum atomic E-state index is -0.275. The molecule has 1 amide bonds. The van der Waals surface area contributed by atoms with E-state index >= 15 is 0 Å². The molecule has 5 heteroatoms. The molecule has 1 atom stereocenters. The molecule has 0 saturated carbocycles. The maximum atomic E-state index is 13.9. The molecule has 1 aromatic rings. The van der Waals surface area contributed by atoms with Gasteiger partial charge in [-0.15, -0.1) is 0 Å². The van der Waals surface area contributed by atoms with Crippen LogP contribution in [-0.4, -0.2) is 25.1 Å². The second-order valence-corrected chi connectivity index (χ2v) is 7.83. The summed E-state index contributed by atoms with van der Waals surface area (Å²) in [6, 6.07) is 6.42. The molecule has 1 aliphatic carbocycles. The number of carbonyl (C=O) groups is 1. The fourth-order valence-corrected chi connectivity index (χ4v) is 3.82. The van der Waals surface area contributed by atoms with Gasteiger partial charge in [0, 0.05) is 12.6 Å². The molecule has 0 radical (unpaired) electrons. The van der Waals surface area contributed by atoms with Crippen molar-refractivity contribution in [1.29, 1.82) is 0 Å². The summed E-state index contributed by atoms with van der Waals surface area (Å²) >= 11 is 0. The van der Waals surface area contributed by atoms with E-state index < -0.39 is 0 Å². The molecule has 1 unspecified atom stereocenters. The van der Waals surface area contributed by atoms with E-state index in [2.05, 4.69) is 42.7 Å². The Morgan fingerprint density at radius 1 is 1.28 bits per heavy atom. The van der Waals surface area contributed by atoms with Gasteiger partial charge in [-0.2, -0.15) is 0 Å². The van der Waals surface area contributed by atoms with Crippen molar-refractivity contribution in [3.05, 3.63) is 100 Å². The molecule has 2 aliphatic rings. The van der Waals surface area contributed by atoms with E-state index in [0.717, 1.165) is 40.2 Å². The van der Waals surface area contributed by atoms with Gasteiger partial charge in [-0.1, -0.05) is 37.3 Å². The van der Waals surface area contributed by atoms with Crippen molar-refractivity contribution in [2.24, 2.45) is 0 Å². The summed E-state index contributed by atoms with van der Waals surface area (Å²) in [6.45, 7) is 8.47. The second kappa shape index (κ2) is 10.8. The van der Waals surface area contributed by atoms with Crippen molar-refractivity contribution in [2.75, 3.05) is 13.2 Å². The topological polar surface area (TPSA) is 50.4 Å². The summed E-state index contributed by atoms with van der Waals surface area (Å²) in [5, 5.41) is 6.39. The van der Waals surface area contributed by atoms with Crippen molar-refractivity contribution in [2.45, 2.75) is 40.2 Å². The SMILES string of the molecule is C/C=C\C=C(/CC)C1=CC(C)=C2C=C(c3cccc(F)c3)C=C(OCCNC(C)=O)C2N1. The number of amides is 1. The molecular weight excluding hydrogens is 403 g/mol. The van der Waals surface area contributed by atoms with Crippen molar-refractivity contribution in [1.82, 2.24) is 10.6 Å². The Kier molecular flexibility index (Phi) is 7.87. The number of ether oxygens (including phenoxy) is 1. The fourth-order valence-electron chi connectivity index (χ4n) is 3.82. The number of benzene rings is 1. The Morgan fingerprint density at radius 2 is 2.09 bits per heavy atom. The first-order valence-electron chi connectivity index (χ1n) is 11.0. The third-order valence-electron chi connectivity index (χ3n) is 5.44. The van der Waals surface area contributed by atoms with Gasteiger partial charge in [0.1, 0.15) is 24.2 Å². The zero-order valence-corrected chi connectivity index (χ0v) is 19.2. The van der Waals surface area contributed by atoms with Crippen LogP contribution in [0.1, 0.15) is 39.7 Å². The van der Waals surface area contributed by atoms with Crippen LogP contribution >= 0.6 is 0 Å². The first-order valence-corrected chi connectivity index (χ1v) is 11.0. The third-order valence-corrected chi connectivity index (χ3v) is 5.44. The Hall–Kier alpha value is -3.34. The summed E-state index contributed by atoms with van der Waals surface area (Å²) < 4.78 is 20.0. The molecule has 0 saturated heterocycles. The molecule has 168 valence electrons. The average Bonchev–Trinajstić information content (AvgIpc) is 2.77. The third kappa shape index (κ3) is 5.67. The van der Waals surface area contributed by atoms with Gasteiger partial charge in [0.05, 0.1) is 6.54 Å². The molecule has 1 heterocycles. The lowest BCUT2D eigenvalue weighted by molar-refractivity contribution is -0.119. The Morgan fingerprint density at radius 3 is 2.78 bits per heavy atom. The van der Waals surface area contributed by atoms with E-state index in [1.807, 2.05) is 31.2 Å². The number of fused-ring (bicyclic) bond motifs is 1. The summed E-state index contributed by atoms with van der Waals surface area (Å²) in [4.78, 5) is 11.2. The molecule has 0 fully saturated rings. The Labute approximate surface area is 189 Å². The molecule has 0 spiro atoms. The minimum absolute atomic E-state index is 0.0919. The number of carbonyl (C=O) groups excluding carboxylic acids is 1. The van der Waals surface area contributed by atoms with Crippen LogP contribution in [-0.2, 0) is 9.53 Å². The lowest BCUT2D eigenvalue weighted by Gasteiger charge is -2.34. The zero-order chi connectivity index (χ0) is 23.1. The second-order valence-electron chi connectivity index (χ2n) is 7.83. The van der Waals surface area contributed by atoms with Crippen molar-refractivity contribution >= 4 is 11.5 Å². The minimum Gasteiger partial charge on any atom is -0.494 e. The molecule has 1 aliphatic heterocycles. The van der Waals surface area contributed by atoms with Crippen LogP contribution in [0.25, 0.3) is 5.57 Å². The molecule has 2 N–H and O–H groups in total. The number of hydrogen-bond donors (Lipinski definition) is 2. The average molecular weight is 435 g/mol. The van der Waals surface area contributed by atoms with Gasteiger partial charge in [-0.3, -0.25) is 4.79 Å². The van der Waals surface area contributed by atoms with E-state index in [-0.39, 0.29) is 17.8 Å². The highest BCUT2D eigenvalue weighted by atomic mass is 19.1. The van der Waals surface area contributed by atoms with E-state index in [4.69, 9.17) is 4.74 Å². The molecular formula is C27H31FN2O2. The molecule has 0 aromatic heterocycles. The monoisotopic (exact) mass is 434 g/mol. The van der Waals surface area contributed by atoms with Crippen molar-refractivity contribution in [3.8, 4) is 0 Å². The van der Waals surface area contributed by atoms with Crippen LogP contribution in [0.15, 0.2) is 88.9 Å². The predicted octanol–water partition coefficient (Wildman–Crippen LogP) is 5.34. The Bertz CT molecular complexity index is 1060. The largest absolute Gasteiger partial charge is 0.494 e. The van der Waals surface area contributed by atoms with E-state index in [9.17, 15) is 9.18 Å². The molecule has 1 aromatic carbocycles. The quantitative estimate of drug-likeness (QED) is 0.429. The smallest absolute Gasteiger partial charge is 0.216 e. The highest BCUT2D eigenvalue weighted by Crippen LogP contribution is 2.35. The van der Waals surface area contributed by atoms with Crippen molar-refractivity contribution < 1.29 is 13.9 Å². The number of hydrogen-bond acceptors (Lipinski definition) is 3. The summed E-state index contributed by atoms with van der Waals surface area (Å²) in [5.74, 6) is 0.382. The number of dihydropyridines is 1. The van der Waals surface area contributed by atoms with E-state index in [1.54, 1.807) is 6.07 Å². The van der Waals surface area contributed by atoms with Crippen LogP contribution in [0.3, 0.4) is 0 Å². The van der Waals surface area contributed by atoms with Gasteiger partial charge in [0.25, 0.3) is 0 Å². The normalized spacial score (nSPS) is 18.5. The summed E-state index contributed by atoms with van der Waals surface area (Å²) in [5.41, 5.74) is 6.18. The van der Waals surface area contributed by atoms with Gasteiger partial charge in [-0.25, -0.2) is 4.39 Å². The van der Waals surface area contributed by atoms with Gasteiger partial charge < -0.3 is 15.4 Å². The maximum Gasteiger partial charge on any atom is 0.216 e. The standard InChI is InChI=1S/C27H31FN2O2/c1-5-7-9-20(6-2)25-14-18(3)24-16-22(21-10-8-11-23(28)15-21)17-26(27(24)30-25)32-13-12-29-19(4)31/h5,7-11,14-17,27,30H,6,12-13H2,1-4H3,(H,29,31)/b7-5-,20-9+. The Balaban J connectivity index is 1.99. The van der Waals surface area contributed by atoms with Crippen LogP contribution in [0, 0.1) is 5.82 Å². The summed E-state index contributed by atoms with van der Waals surface area (Å²) in [7, 11) is 0. The molecule has 32 heavy (non-hydrogen) atoms. The molecule has 4 nitrogen and oxygen atoms in total. The number of nitrogens with one attached hydrogen (secondary N) is 2. The number of rotatable bonds is 8. The van der Waals surface area contributed by atoms with Crippen LogP contribution in [0.2, 0.25) is 0 Å². The van der Waals surface area contributed by atoms with Gasteiger partial charge in [0.15, 0.2) is 0 Å². The van der Waals surface area contributed by atoms with Gasteiger partial charge in [0.2, 0.25) is 5.91 Å². The highest BCUT2D eigenvalue weighted by Gasteiger charge is 2.29. The maximum absolute atomic E-state index is 13.9. The van der Waals surface area contributed by atoms with Crippen molar-refractivity contribution in [3.63, 3.8) is 0 Å². The van der Waals surface area contributed by atoms with Crippen LogP contribution < -0.4 is 10.6 Å². The number of halogens is 1. The van der Waals surface area contributed by atoms with Gasteiger partial charge >= 0.3 is 0 Å². The fraction of sp³-hybridized carbons (Fsp3) is 0.296. The summed E-state index contributed by atoms with van der Waals surface area (Å²) in [6.07, 6.45) is 13.3. The zero-order valence-electron chi connectivity index (χ0n) is 19.2. The van der Waals surface area contributed by atoms with Crippen LogP contribution in [0.4, 0.5) is 4.39 Å². The first kappa shape index (κ1) is 23.3. The lowest BCUT2D eigenvalue weighted by Crippen LogP contribution is -2.38. The van der Waals surface area contributed by atoms with E-state index in [0.29, 0.717) is 13.2 Å². The van der Waals surface area contributed by atoms with Gasteiger partial charge in [-0.05, 0) is 78.5 Å². The lowest BCUT2D eigenvalue weighted by atomic mass is 9.86. The van der Waals surface area contributed by atoms with E-state index in [1.165, 1.54) is 24.6 Å². The highest BCUT2D eigenvalue weighted by molar-refractivity contribution is 5.80. The molecule has 0 bridgehead atoms. The first-order chi connectivity index (χ1) is 15.4.